The number of aryl methyl sites for hydroxylation is 1. The highest BCUT2D eigenvalue weighted by atomic mass is 32.2. The van der Waals surface area contributed by atoms with Crippen LogP contribution in [0.25, 0.3) is 10.7 Å². The SMILES string of the molecule is NC(=O)CCn1c(SCCc2ccncc2)nnc1-c1cccs1. The van der Waals surface area contributed by atoms with Crippen molar-refractivity contribution in [3.8, 4) is 10.7 Å². The molecule has 0 saturated carbocycles. The highest BCUT2D eigenvalue weighted by molar-refractivity contribution is 7.99. The van der Waals surface area contributed by atoms with E-state index in [2.05, 4.69) is 15.2 Å². The van der Waals surface area contributed by atoms with E-state index in [9.17, 15) is 4.79 Å². The Bertz CT molecular complexity index is 786. The topological polar surface area (TPSA) is 86.7 Å². The predicted molar refractivity (Wildman–Crippen MR) is 95.8 cm³/mol. The smallest absolute Gasteiger partial charge is 0.219 e. The molecule has 0 aliphatic heterocycles. The molecule has 2 N–H and O–H groups in total. The van der Waals surface area contributed by atoms with Gasteiger partial charge in [-0.2, -0.15) is 0 Å². The van der Waals surface area contributed by atoms with Gasteiger partial charge in [-0.25, -0.2) is 0 Å². The lowest BCUT2D eigenvalue weighted by Gasteiger charge is -2.08. The number of aromatic nitrogens is 4. The number of rotatable bonds is 8. The van der Waals surface area contributed by atoms with Gasteiger partial charge in [0.25, 0.3) is 0 Å². The zero-order valence-electron chi connectivity index (χ0n) is 13.0. The molecular formula is C16H17N5OS2. The number of nitrogens with two attached hydrogens (primary N) is 1. The Morgan fingerprint density at radius 1 is 1.25 bits per heavy atom. The van der Waals surface area contributed by atoms with Crippen LogP contribution in [-0.2, 0) is 17.8 Å². The minimum atomic E-state index is -0.325. The van der Waals surface area contributed by atoms with Crippen molar-refractivity contribution in [3.63, 3.8) is 0 Å². The molecule has 0 aliphatic rings. The molecule has 0 saturated heterocycles. The summed E-state index contributed by atoms with van der Waals surface area (Å²) in [6, 6.07) is 8.00. The van der Waals surface area contributed by atoms with Crippen LogP contribution in [-0.4, -0.2) is 31.4 Å². The number of pyridine rings is 1. The summed E-state index contributed by atoms with van der Waals surface area (Å²) < 4.78 is 1.98. The Morgan fingerprint density at radius 3 is 2.79 bits per heavy atom. The Labute approximate surface area is 148 Å². The van der Waals surface area contributed by atoms with Crippen LogP contribution < -0.4 is 5.73 Å². The fourth-order valence-electron chi connectivity index (χ4n) is 2.22. The highest BCUT2D eigenvalue weighted by Gasteiger charge is 2.15. The second-order valence-corrected chi connectivity index (χ2v) is 7.12. The Morgan fingerprint density at radius 2 is 2.08 bits per heavy atom. The molecule has 1 amide bonds. The van der Waals surface area contributed by atoms with Crippen molar-refractivity contribution >= 4 is 29.0 Å². The third kappa shape index (κ3) is 4.21. The number of carbonyl (C=O) groups is 1. The first kappa shape index (κ1) is 16.7. The summed E-state index contributed by atoms with van der Waals surface area (Å²) in [5, 5.41) is 11.4. The van der Waals surface area contributed by atoms with E-state index >= 15 is 0 Å². The van der Waals surface area contributed by atoms with Gasteiger partial charge in [-0.3, -0.25) is 9.78 Å². The number of primary amides is 1. The average molecular weight is 359 g/mol. The van der Waals surface area contributed by atoms with E-state index in [4.69, 9.17) is 5.73 Å². The van der Waals surface area contributed by atoms with Crippen LogP contribution in [0.2, 0.25) is 0 Å². The van der Waals surface area contributed by atoms with Gasteiger partial charge in [0.2, 0.25) is 5.91 Å². The maximum Gasteiger partial charge on any atom is 0.219 e. The van der Waals surface area contributed by atoms with Crippen LogP contribution in [0.5, 0.6) is 0 Å². The quantitative estimate of drug-likeness (QED) is 0.625. The number of nitrogens with zero attached hydrogens (tertiary/aromatic N) is 4. The number of thiophene rings is 1. The van der Waals surface area contributed by atoms with Gasteiger partial charge < -0.3 is 10.3 Å². The van der Waals surface area contributed by atoms with Crippen LogP contribution >= 0.6 is 23.1 Å². The molecule has 6 nitrogen and oxygen atoms in total. The summed E-state index contributed by atoms with van der Waals surface area (Å²) in [5.41, 5.74) is 6.54. The number of carbonyl (C=O) groups excluding carboxylic acids is 1. The van der Waals surface area contributed by atoms with Crippen LogP contribution in [0.3, 0.4) is 0 Å². The molecular weight excluding hydrogens is 342 g/mol. The first-order chi connectivity index (χ1) is 11.7. The van der Waals surface area contributed by atoms with Crippen molar-refractivity contribution in [1.82, 2.24) is 19.7 Å². The van der Waals surface area contributed by atoms with Gasteiger partial charge in [-0.15, -0.1) is 21.5 Å². The lowest BCUT2D eigenvalue weighted by Crippen LogP contribution is -2.15. The third-order valence-corrected chi connectivity index (χ3v) is 5.25. The molecule has 0 aliphatic carbocycles. The van der Waals surface area contributed by atoms with Gasteiger partial charge in [0.15, 0.2) is 11.0 Å². The van der Waals surface area contributed by atoms with E-state index in [0.29, 0.717) is 6.54 Å². The van der Waals surface area contributed by atoms with Crippen molar-refractivity contribution in [2.45, 2.75) is 24.5 Å². The summed E-state index contributed by atoms with van der Waals surface area (Å²) >= 11 is 3.24. The van der Waals surface area contributed by atoms with E-state index in [-0.39, 0.29) is 12.3 Å². The standard InChI is InChI=1S/C16H17N5OS2/c17-14(22)5-9-21-15(13-2-1-10-23-13)19-20-16(21)24-11-6-12-3-7-18-8-4-12/h1-4,7-8,10H,5-6,9,11H2,(H2,17,22). The van der Waals surface area contributed by atoms with Crippen molar-refractivity contribution < 1.29 is 4.79 Å². The van der Waals surface area contributed by atoms with Crippen molar-refractivity contribution in [1.29, 1.82) is 0 Å². The van der Waals surface area contributed by atoms with Crippen molar-refractivity contribution in [2.24, 2.45) is 5.73 Å². The predicted octanol–water partition coefficient (Wildman–Crippen LogP) is 2.61. The molecule has 0 spiro atoms. The van der Waals surface area contributed by atoms with E-state index in [1.807, 2.05) is 34.2 Å². The first-order valence-electron chi connectivity index (χ1n) is 7.51. The van der Waals surface area contributed by atoms with Crippen LogP contribution in [0.15, 0.2) is 47.2 Å². The van der Waals surface area contributed by atoms with E-state index in [1.165, 1.54) is 5.56 Å². The van der Waals surface area contributed by atoms with Gasteiger partial charge in [0.1, 0.15) is 0 Å². The van der Waals surface area contributed by atoms with Crippen molar-refractivity contribution in [3.05, 3.63) is 47.6 Å². The molecule has 124 valence electrons. The fourth-order valence-corrected chi connectivity index (χ4v) is 3.89. The minimum Gasteiger partial charge on any atom is -0.370 e. The zero-order chi connectivity index (χ0) is 16.8. The lowest BCUT2D eigenvalue weighted by molar-refractivity contribution is -0.118. The molecule has 0 bridgehead atoms. The number of hydrogen-bond acceptors (Lipinski definition) is 6. The van der Waals surface area contributed by atoms with Gasteiger partial charge in [-0.1, -0.05) is 17.8 Å². The fraction of sp³-hybridized carbons (Fsp3) is 0.250. The number of thioether (sulfide) groups is 1. The second kappa shape index (κ2) is 8.07. The molecule has 3 heterocycles. The molecule has 3 aromatic heterocycles. The van der Waals surface area contributed by atoms with Crippen LogP contribution in [0.4, 0.5) is 0 Å². The Hall–Kier alpha value is -2.19. The van der Waals surface area contributed by atoms with Crippen molar-refractivity contribution in [2.75, 3.05) is 5.75 Å². The van der Waals surface area contributed by atoms with Crippen LogP contribution in [0.1, 0.15) is 12.0 Å². The van der Waals surface area contributed by atoms with E-state index in [1.54, 1.807) is 35.5 Å². The largest absolute Gasteiger partial charge is 0.370 e. The lowest BCUT2D eigenvalue weighted by atomic mass is 10.2. The van der Waals surface area contributed by atoms with Gasteiger partial charge in [0.05, 0.1) is 4.88 Å². The highest BCUT2D eigenvalue weighted by Crippen LogP contribution is 2.27. The summed E-state index contributed by atoms with van der Waals surface area (Å²) in [7, 11) is 0. The zero-order valence-corrected chi connectivity index (χ0v) is 14.6. The van der Waals surface area contributed by atoms with Gasteiger partial charge in [0, 0.05) is 31.1 Å². The van der Waals surface area contributed by atoms with Gasteiger partial charge >= 0.3 is 0 Å². The van der Waals surface area contributed by atoms with E-state index in [0.717, 1.165) is 28.0 Å². The summed E-state index contributed by atoms with van der Waals surface area (Å²) in [6.07, 6.45) is 4.78. The average Bonchev–Trinajstić information content (AvgIpc) is 3.23. The van der Waals surface area contributed by atoms with E-state index < -0.39 is 0 Å². The third-order valence-electron chi connectivity index (χ3n) is 3.41. The maximum atomic E-state index is 11.2. The second-order valence-electron chi connectivity index (χ2n) is 5.11. The molecule has 24 heavy (non-hydrogen) atoms. The monoisotopic (exact) mass is 359 g/mol. The molecule has 0 aromatic carbocycles. The summed E-state index contributed by atoms with van der Waals surface area (Å²) in [6.45, 7) is 0.493. The number of hydrogen-bond donors (Lipinski definition) is 1. The first-order valence-corrected chi connectivity index (χ1v) is 9.37. The molecule has 0 radical (unpaired) electrons. The molecule has 8 heteroatoms. The summed E-state index contributed by atoms with van der Waals surface area (Å²) in [4.78, 5) is 16.2. The Kier molecular flexibility index (Phi) is 5.60. The Balaban J connectivity index is 1.73. The summed E-state index contributed by atoms with van der Waals surface area (Å²) in [5.74, 6) is 1.34. The minimum absolute atomic E-state index is 0.272. The molecule has 3 aromatic rings. The van der Waals surface area contributed by atoms with Crippen LogP contribution in [0, 0.1) is 0 Å². The normalized spacial score (nSPS) is 10.8. The molecule has 3 rings (SSSR count). The maximum absolute atomic E-state index is 11.2. The number of amides is 1. The molecule has 0 atom stereocenters. The van der Waals surface area contributed by atoms with Gasteiger partial charge in [-0.05, 0) is 35.6 Å². The molecule has 0 unspecified atom stereocenters. The molecule has 0 fully saturated rings.